The molecule has 4 heteroatoms. The van der Waals surface area contributed by atoms with Crippen molar-refractivity contribution in [3.63, 3.8) is 0 Å². The Bertz CT molecular complexity index is 655. The van der Waals surface area contributed by atoms with E-state index in [2.05, 4.69) is 10.2 Å². The Morgan fingerprint density at radius 1 is 1.09 bits per heavy atom. The summed E-state index contributed by atoms with van der Waals surface area (Å²) in [4.78, 5) is 14.9. The van der Waals surface area contributed by atoms with Crippen LogP contribution in [0.25, 0.3) is 4.85 Å². The van der Waals surface area contributed by atoms with Gasteiger partial charge in [0, 0.05) is 6.54 Å². The number of aryl methyl sites for hydroxylation is 1. The van der Waals surface area contributed by atoms with Gasteiger partial charge in [0.2, 0.25) is 0 Å². The first-order valence-electron chi connectivity index (χ1n) is 7.10. The number of benzene rings is 2. The highest BCUT2D eigenvalue weighted by Crippen LogP contribution is 2.12. The fourth-order valence-electron chi connectivity index (χ4n) is 1.93. The molecule has 2 aromatic rings. The van der Waals surface area contributed by atoms with Crippen LogP contribution < -0.4 is 5.32 Å². The number of alkyl carbamates (subject to hydrolysis) is 1. The summed E-state index contributed by atoms with van der Waals surface area (Å²) in [6.45, 7) is 9.68. The topological polar surface area (TPSA) is 42.7 Å². The Kier molecular flexibility index (Phi) is 5.56. The fourth-order valence-corrected chi connectivity index (χ4v) is 1.93. The number of hydrogen-bond donors (Lipinski definition) is 1. The minimum absolute atomic E-state index is 0.270. The van der Waals surface area contributed by atoms with E-state index in [0.717, 1.165) is 11.1 Å². The number of rotatable bonds is 5. The molecular formula is C18H18N2O2. The van der Waals surface area contributed by atoms with Crippen LogP contribution in [-0.4, -0.2) is 12.6 Å². The third-order valence-corrected chi connectivity index (χ3v) is 3.24. The van der Waals surface area contributed by atoms with E-state index in [1.54, 1.807) is 12.1 Å². The summed E-state index contributed by atoms with van der Waals surface area (Å²) < 4.78 is 5.15. The Morgan fingerprint density at radius 2 is 1.73 bits per heavy atom. The molecule has 2 rings (SSSR count). The summed E-state index contributed by atoms with van der Waals surface area (Å²) in [5.41, 5.74) is 3.84. The molecule has 0 heterocycles. The quantitative estimate of drug-likeness (QED) is 0.846. The molecule has 0 aromatic heterocycles. The van der Waals surface area contributed by atoms with Crippen LogP contribution in [0.1, 0.15) is 16.7 Å². The van der Waals surface area contributed by atoms with Gasteiger partial charge in [-0.25, -0.2) is 9.64 Å². The molecule has 1 amide bonds. The first-order valence-corrected chi connectivity index (χ1v) is 7.10. The Labute approximate surface area is 130 Å². The van der Waals surface area contributed by atoms with E-state index in [1.165, 1.54) is 5.56 Å². The summed E-state index contributed by atoms with van der Waals surface area (Å²) in [6, 6.07) is 15.2. The molecule has 22 heavy (non-hydrogen) atoms. The highest BCUT2D eigenvalue weighted by molar-refractivity contribution is 5.67. The molecule has 0 saturated carbocycles. The van der Waals surface area contributed by atoms with Crippen molar-refractivity contribution in [2.75, 3.05) is 6.54 Å². The van der Waals surface area contributed by atoms with Crippen LogP contribution in [0.3, 0.4) is 0 Å². The monoisotopic (exact) mass is 294 g/mol. The van der Waals surface area contributed by atoms with Crippen molar-refractivity contribution < 1.29 is 9.53 Å². The van der Waals surface area contributed by atoms with Gasteiger partial charge >= 0.3 is 6.09 Å². The Hall–Kier alpha value is -2.80. The van der Waals surface area contributed by atoms with Gasteiger partial charge in [-0.05, 0) is 24.5 Å². The average molecular weight is 294 g/mol. The highest BCUT2D eigenvalue weighted by Gasteiger charge is 2.02. The van der Waals surface area contributed by atoms with Crippen LogP contribution in [0.5, 0.6) is 0 Å². The summed E-state index contributed by atoms with van der Waals surface area (Å²) in [5.74, 6) is 0. The first-order chi connectivity index (χ1) is 10.7. The van der Waals surface area contributed by atoms with Crippen molar-refractivity contribution in [1.82, 2.24) is 5.32 Å². The summed E-state index contributed by atoms with van der Waals surface area (Å²) in [5, 5.41) is 2.72. The SMILES string of the molecule is [C-]#[N+]c1ccc(CCNC(=O)OCc2ccc(C)cc2)cc1. The van der Waals surface area contributed by atoms with Crippen molar-refractivity contribution >= 4 is 11.8 Å². The molecular weight excluding hydrogens is 276 g/mol. The molecule has 0 aliphatic heterocycles. The van der Waals surface area contributed by atoms with Gasteiger partial charge < -0.3 is 10.1 Å². The van der Waals surface area contributed by atoms with Crippen molar-refractivity contribution in [2.45, 2.75) is 20.0 Å². The van der Waals surface area contributed by atoms with Gasteiger partial charge in [-0.15, -0.1) is 0 Å². The molecule has 4 nitrogen and oxygen atoms in total. The lowest BCUT2D eigenvalue weighted by molar-refractivity contribution is 0.140. The lowest BCUT2D eigenvalue weighted by Crippen LogP contribution is -2.26. The molecule has 0 fully saturated rings. The van der Waals surface area contributed by atoms with E-state index in [-0.39, 0.29) is 6.61 Å². The van der Waals surface area contributed by atoms with Crippen LogP contribution >= 0.6 is 0 Å². The molecule has 0 aliphatic rings. The predicted octanol–water partition coefficient (Wildman–Crippen LogP) is 4.01. The minimum atomic E-state index is -0.418. The maximum absolute atomic E-state index is 11.6. The Morgan fingerprint density at radius 3 is 2.36 bits per heavy atom. The van der Waals surface area contributed by atoms with Crippen LogP contribution in [0.2, 0.25) is 0 Å². The number of carbonyl (C=O) groups is 1. The van der Waals surface area contributed by atoms with Crippen molar-refractivity contribution in [2.24, 2.45) is 0 Å². The Balaban J connectivity index is 1.69. The zero-order valence-electron chi connectivity index (χ0n) is 12.5. The number of hydrogen-bond acceptors (Lipinski definition) is 2. The molecule has 0 aliphatic carbocycles. The van der Waals surface area contributed by atoms with E-state index in [4.69, 9.17) is 11.3 Å². The number of ether oxygens (including phenoxy) is 1. The van der Waals surface area contributed by atoms with E-state index < -0.39 is 6.09 Å². The lowest BCUT2D eigenvalue weighted by atomic mass is 10.1. The zero-order chi connectivity index (χ0) is 15.8. The predicted molar refractivity (Wildman–Crippen MR) is 85.8 cm³/mol. The summed E-state index contributed by atoms with van der Waals surface area (Å²) in [7, 11) is 0. The first kappa shape index (κ1) is 15.6. The molecule has 112 valence electrons. The molecule has 0 bridgehead atoms. The minimum Gasteiger partial charge on any atom is -0.445 e. The number of amides is 1. The highest BCUT2D eigenvalue weighted by atomic mass is 16.5. The molecule has 0 saturated heterocycles. The summed E-state index contributed by atoms with van der Waals surface area (Å²) in [6.07, 6.45) is 0.288. The van der Waals surface area contributed by atoms with Crippen LogP contribution in [0.15, 0.2) is 48.5 Å². The largest absolute Gasteiger partial charge is 0.445 e. The van der Waals surface area contributed by atoms with Gasteiger partial charge in [-0.3, -0.25) is 0 Å². The van der Waals surface area contributed by atoms with Crippen molar-refractivity contribution in [3.05, 3.63) is 76.6 Å². The maximum Gasteiger partial charge on any atom is 0.407 e. The number of carbonyl (C=O) groups excluding carboxylic acids is 1. The van der Waals surface area contributed by atoms with Crippen LogP contribution in [-0.2, 0) is 17.8 Å². The van der Waals surface area contributed by atoms with Crippen molar-refractivity contribution in [3.8, 4) is 0 Å². The van der Waals surface area contributed by atoms with E-state index in [1.807, 2.05) is 43.3 Å². The van der Waals surface area contributed by atoms with Gasteiger partial charge in [-0.2, -0.15) is 0 Å². The molecule has 0 unspecified atom stereocenters. The molecule has 0 radical (unpaired) electrons. The second kappa shape index (κ2) is 7.84. The molecule has 0 spiro atoms. The fraction of sp³-hybridized carbons (Fsp3) is 0.222. The summed E-state index contributed by atoms with van der Waals surface area (Å²) >= 11 is 0. The third kappa shape index (κ3) is 4.95. The molecule has 2 aromatic carbocycles. The number of nitrogens with one attached hydrogen (secondary N) is 1. The van der Waals surface area contributed by atoms with Crippen LogP contribution in [0, 0.1) is 13.5 Å². The molecule has 1 N–H and O–H groups in total. The lowest BCUT2D eigenvalue weighted by Gasteiger charge is -2.07. The van der Waals surface area contributed by atoms with Crippen LogP contribution in [0.4, 0.5) is 10.5 Å². The van der Waals surface area contributed by atoms with E-state index in [0.29, 0.717) is 18.7 Å². The average Bonchev–Trinajstić information content (AvgIpc) is 2.55. The molecule has 0 atom stereocenters. The zero-order valence-corrected chi connectivity index (χ0v) is 12.5. The van der Waals surface area contributed by atoms with Crippen molar-refractivity contribution in [1.29, 1.82) is 0 Å². The normalized spacial score (nSPS) is 9.82. The number of nitrogens with zero attached hydrogens (tertiary/aromatic N) is 1. The van der Waals surface area contributed by atoms with Gasteiger partial charge in [0.15, 0.2) is 5.69 Å². The van der Waals surface area contributed by atoms with Gasteiger partial charge in [0.05, 0.1) is 6.57 Å². The standard InChI is InChI=1S/C18H18N2O2/c1-14-3-5-16(6-4-14)13-22-18(21)20-12-11-15-7-9-17(19-2)10-8-15/h3-10H,11-13H2,1H3,(H,20,21). The van der Waals surface area contributed by atoms with E-state index >= 15 is 0 Å². The maximum atomic E-state index is 11.6. The van der Waals surface area contributed by atoms with Gasteiger partial charge in [0.1, 0.15) is 6.61 Å². The third-order valence-electron chi connectivity index (χ3n) is 3.24. The van der Waals surface area contributed by atoms with Gasteiger partial charge in [-0.1, -0.05) is 54.1 Å². The second-order valence-electron chi connectivity index (χ2n) is 5.02. The van der Waals surface area contributed by atoms with Gasteiger partial charge in [0.25, 0.3) is 0 Å². The second-order valence-corrected chi connectivity index (χ2v) is 5.02. The smallest absolute Gasteiger partial charge is 0.407 e. The van der Waals surface area contributed by atoms with E-state index in [9.17, 15) is 4.79 Å².